The largest absolute Gasteiger partial charge is 0.377 e. The number of nitrogens with one attached hydrogen (secondary N) is 1. The number of aliphatic hydroxyl groups is 1. The molecule has 1 unspecified atom stereocenters. The lowest BCUT2D eigenvalue weighted by atomic mass is 9.84. The summed E-state index contributed by atoms with van der Waals surface area (Å²) in [5.41, 5.74) is 1.52. The van der Waals surface area contributed by atoms with E-state index in [0.29, 0.717) is 17.7 Å². The molecule has 3 nitrogen and oxygen atoms in total. The van der Waals surface area contributed by atoms with Crippen molar-refractivity contribution in [2.45, 2.75) is 5.60 Å². The third-order valence-electron chi connectivity index (χ3n) is 4.08. The van der Waals surface area contributed by atoms with Crippen LogP contribution < -0.4 is 5.32 Å². The Hall–Kier alpha value is -3.17. The average molecular weight is 329 g/mol. The van der Waals surface area contributed by atoms with Crippen molar-refractivity contribution < 1.29 is 9.90 Å². The number of rotatable bonds is 6. The molecule has 1 atom stereocenters. The molecule has 0 spiro atoms. The van der Waals surface area contributed by atoms with Gasteiger partial charge in [0, 0.05) is 11.3 Å². The molecular formula is C22H19NO2. The third kappa shape index (κ3) is 3.67. The second kappa shape index (κ2) is 7.60. The van der Waals surface area contributed by atoms with Gasteiger partial charge in [0.05, 0.1) is 0 Å². The van der Waals surface area contributed by atoms with E-state index in [1.807, 2.05) is 84.9 Å². The molecule has 0 bridgehead atoms. The zero-order valence-electron chi connectivity index (χ0n) is 13.7. The molecule has 0 saturated carbocycles. The maximum atomic E-state index is 11.6. The van der Waals surface area contributed by atoms with Gasteiger partial charge in [0.2, 0.25) is 6.41 Å². The number of carbonyl (C=O) groups is 1. The Kier molecular flexibility index (Phi) is 5.07. The van der Waals surface area contributed by atoms with E-state index in [1.54, 1.807) is 12.1 Å². The van der Waals surface area contributed by atoms with Crippen molar-refractivity contribution in [3.63, 3.8) is 0 Å². The standard InChI is InChI=1S/C22H19NO2/c24-17-23-21-14-8-7-13-20(21)22(25,19-11-5-2-6-12-19)16-15-18-9-3-1-4-10-18/h1-17,25H,(H,23,24)/b16-15+. The molecule has 0 aliphatic rings. The lowest BCUT2D eigenvalue weighted by Gasteiger charge is -2.28. The van der Waals surface area contributed by atoms with Crippen LogP contribution in [0.25, 0.3) is 6.08 Å². The SMILES string of the molecule is O=CNc1ccccc1C(O)(/C=C/c1ccccc1)c1ccccc1. The Bertz CT molecular complexity index is 859. The highest BCUT2D eigenvalue weighted by molar-refractivity contribution is 5.75. The third-order valence-corrected chi connectivity index (χ3v) is 4.08. The Balaban J connectivity index is 2.13. The number of para-hydroxylation sites is 1. The molecule has 0 fully saturated rings. The molecule has 0 aromatic heterocycles. The molecule has 3 heteroatoms. The molecule has 3 rings (SSSR count). The molecule has 0 aliphatic heterocycles. The van der Waals surface area contributed by atoms with Gasteiger partial charge in [-0.1, -0.05) is 84.9 Å². The predicted molar refractivity (Wildman–Crippen MR) is 101 cm³/mol. The van der Waals surface area contributed by atoms with Gasteiger partial charge in [-0.2, -0.15) is 0 Å². The predicted octanol–water partition coefficient (Wildman–Crippen LogP) is 4.20. The molecule has 0 saturated heterocycles. The minimum Gasteiger partial charge on any atom is -0.377 e. The van der Waals surface area contributed by atoms with Gasteiger partial charge in [-0.3, -0.25) is 4.79 Å². The number of benzene rings is 3. The zero-order chi connectivity index (χ0) is 17.5. The smallest absolute Gasteiger partial charge is 0.211 e. The molecule has 0 radical (unpaired) electrons. The van der Waals surface area contributed by atoms with E-state index < -0.39 is 5.60 Å². The molecular weight excluding hydrogens is 310 g/mol. The average Bonchev–Trinajstić information content (AvgIpc) is 2.68. The van der Waals surface area contributed by atoms with E-state index in [1.165, 1.54) is 0 Å². The first-order valence-corrected chi connectivity index (χ1v) is 8.06. The summed E-state index contributed by atoms with van der Waals surface area (Å²) in [5, 5.41) is 14.3. The molecule has 124 valence electrons. The summed E-state index contributed by atoms with van der Waals surface area (Å²) < 4.78 is 0. The van der Waals surface area contributed by atoms with Gasteiger partial charge < -0.3 is 10.4 Å². The first-order valence-electron chi connectivity index (χ1n) is 8.06. The fourth-order valence-corrected chi connectivity index (χ4v) is 2.82. The summed E-state index contributed by atoms with van der Waals surface area (Å²) >= 11 is 0. The highest BCUT2D eigenvalue weighted by atomic mass is 16.3. The van der Waals surface area contributed by atoms with Crippen LogP contribution in [0.3, 0.4) is 0 Å². The van der Waals surface area contributed by atoms with Crippen LogP contribution in [0, 0.1) is 0 Å². The number of amides is 1. The van der Waals surface area contributed by atoms with E-state index in [2.05, 4.69) is 5.32 Å². The lowest BCUT2D eigenvalue weighted by Crippen LogP contribution is -2.26. The van der Waals surface area contributed by atoms with Crippen LogP contribution in [0.1, 0.15) is 16.7 Å². The molecule has 25 heavy (non-hydrogen) atoms. The summed E-state index contributed by atoms with van der Waals surface area (Å²) in [4.78, 5) is 11.0. The number of carbonyl (C=O) groups excluding carboxylic acids is 1. The van der Waals surface area contributed by atoms with Gasteiger partial charge in [0.1, 0.15) is 5.60 Å². The van der Waals surface area contributed by atoms with Crippen molar-refractivity contribution in [3.8, 4) is 0 Å². The summed E-state index contributed by atoms with van der Waals surface area (Å²) in [6, 6.07) is 26.4. The van der Waals surface area contributed by atoms with E-state index in [4.69, 9.17) is 0 Å². The van der Waals surface area contributed by atoms with Crippen LogP contribution in [0.15, 0.2) is 91.0 Å². The van der Waals surface area contributed by atoms with Gasteiger partial charge in [-0.25, -0.2) is 0 Å². The zero-order valence-corrected chi connectivity index (χ0v) is 13.7. The van der Waals surface area contributed by atoms with E-state index in [-0.39, 0.29) is 0 Å². The second-order valence-corrected chi connectivity index (χ2v) is 5.68. The van der Waals surface area contributed by atoms with Gasteiger partial charge in [0.25, 0.3) is 0 Å². The summed E-state index contributed by atoms with van der Waals surface area (Å²) in [6.07, 6.45) is 4.25. The maximum absolute atomic E-state index is 11.6. The van der Waals surface area contributed by atoms with Crippen LogP contribution in [0.5, 0.6) is 0 Å². The molecule has 2 N–H and O–H groups in total. The van der Waals surface area contributed by atoms with Gasteiger partial charge in [0.15, 0.2) is 0 Å². The number of hydrogen-bond donors (Lipinski definition) is 2. The van der Waals surface area contributed by atoms with Gasteiger partial charge in [-0.15, -0.1) is 0 Å². The Morgan fingerprint density at radius 3 is 2.08 bits per heavy atom. The summed E-state index contributed by atoms with van der Waals surface area (Å²) in [6.45, 7) is 0. The fraction of sp³-hybridized carbons (Fsp3) is 0.0455. The minimum absolute atomic E-state index is 0.571. The van der Waals surface area contributed by atoms with Crippen molar-refractivity contribution in [1.82, 2.24) is 0 Å². The minimum atomic E-state index is -1.37. The molecule has 3 aromatic carbocycles. The first kappa shape index (κ1) is 16.7. The number of hydrogen-bond acceptors (Lipinski definition) is 2. The van der Waals surface area contributed by atoms with Crippen molar-refractivity contribution in [3.05, 3.63) is 108 Å². The van der Waals surface area contributed by atoms with Crippen molar-refractivity contribution in [2.24, 2.45) is 0 Å². The molecule has 0 heterocycles. The van der Waals surface area contributed by atoms with E-state index in [9.17, 15) is 9.90 Å². The van der Waals surface area contributed by atoms with E-state index in [0.717, 1.165) is 11.1 Å². The Labute approximate surface area is 147 Å². The summed E-state index contributed by atoms with van der Waals surface area (Å²) in [7, 11) is 0. The van der Waals surface area contributed by atoms with Crippen molar-refractivity contribution in [2.75, 3.05) is 5.32 Å². The van der Waals surface area contributed by atoms with E-state index >= 15 is 0 Å². The van der Waals surface area contributed by atoms with Crippen LogP contribution in [-0.2, 0) is 10.4 Å². The van der Waals surface area contributed by atoms with Crippen LogP contribution in [-0.4, -0.2) is 11.5 Å². The fourth-order valence-electron chi connectivity index (χ4n) is 2.82. The quantitative estimate of drug-likeness (QED) is 0.666. The van der Waals surface area contributed by atoms with Crippen LogP contribution in [0.2, 0.25) is 0 Å². The second-order valence-electron chi connectivity index (χ2n) is 5.68. The van der Waals surface area contributed by atoms with Crippen molar-refractivity contribution in [1.29, 1.82) is 0 Å². The highest BCUT2D eigenvalue weighted by Crippen LogP contribution is 2.36. The normalized spacial score (nSPS) is 13.3. The maximum Gasteiger partial charge on any atom is 0.211 e. The van der Waals surface area contributed by atoms with Crippen molar-refractivity contribution >= 4 is 18.2 Å². The van der Waals surface area contributed by atoms with Crippen LogP contribution >= 0.6 is 0 Å². The molecule has 0 aliphatic carbocycles. The van der Waals surface area contributed by atoms with Gasteiger partial charge >= 0.3 is 0 Å². The molecule has 1 amide bonds. The molecule has 3 aromatic rings. The Morgan fingerprint density at radius 1 is 0.800 bits per heavy atom. The lowest BCUT2D eigenvalue weighted by molar-refractivity contribution is -0.105. The summed E-state index contributed by atoms with van der Waals surface area (Å²) in [5.74, 6) is 0. The number of anilines is 1. The van der Waals surface area contributed by atoms with Gasteiger partial charge in [-0.05, 0) is 23.3 Å². The first-order chi connectivity index (χ1) is 12.2. The monoisotopic (exact) mass is 329 g/mol. The topological polar surface area (TPSA) is 49.3 Å². The highest BCUT2D eigenvalue weighted by Gasteiger charge is 2.30. The van der Waals surface area contributed by atoms with Crippen LogP contribution in [0.4, 0.5) is 5.69 Å². The Morgan fingerprint density at radius 2 is 1.40 bits per heavy atom.